The van der Waals surface area contributed by atoms with Crippen LogP contribution in [0.25, 0.3) is 0 Å². The van der Waals surface area contributed by atoms with Gasteiger partial charge in [0.1, 0.15) is 0 Å². The predicted molar refractivity (Wildman–Crippen MR) is 106 cm³/mol. The molecule has 0 spiro atoms. The molecule has 1 amide bonds. The van der Waals surface area contributed by atoms with Crippen molar-refractivity contribution in [2.45, 2.75) is 25.5 Å². The number of amides is 1. The van der Waals surface area contributed by atoms with E-state index in [0.29, 0.717) is 32.3 Å². The Hall–Kier alpha value is -2.57. The van der Waals surface area contributed by atoms with E-state index in [9.17, 15) is 4.79 Å². The fourth-order valence-corrected chi connectivity index (χ4v) is 3.35. The van der Waals surface area contributed by atoms with Gasteiger partial charge >= 0.3 is 0 Å². The molecule has 2 aromatic carbocycles. The Labute approximate surface area is 159 Å². The molecule has 0 radical (unpaired) electrons. The Bertz CT molecular complexity index is 793. The molecule has 27 heavy (non-hydrogen) atoms. The van der Waals surface area contributed by atoms with Crippen LogP contribution in [0.1, 0.15) is 18.4 Å². The van der Waals surface area contributed by atoms with Crippen molar-refractivity contribution in [2.75, 3.05) is 42.1 Å². The molecule has 2 aliphatic rings. The van der Waals surface area contributed by atoms with Crippen molar-refractivity contribution in [3.63, 3.8) is 0 Å². The van der Waals surface area contributed by atoms with E-state index in [4.69, 9.17) is 9.57 Å². The zero-order valence-corrected chi connectivity index (χ0v) is 15.6. The van der Waals surface area contributed by atoms with Crippen LogP contribution in [-0.2, 0) is 21.0 Å². The maximum absolute atomic E-state index is 12.1. The first-order chi connectivity index (χ1) is 13.2. The van der Waals surface area contributed by atoms with Crippen LogP contribution in [0.15, 0.2) is 48.5 Å². The summed E-state index contributed by atoms with van der Waals surface area (Å²) in [6.45, 7) is 2.67. The lowest BCUT2D eigenvalue weighted by atomic mass is 10.2. The van der Waals surface area contributed by atoms with E-state index in [1.165, 1.54) is 0 Å². The summed E-state index contributed by atoms with van der Waals surface area (Å²) < 4.78 is 5.27. The Morgan fingerprint density at radius 2 is 2.04 bits per heavy atom. The van der Waals surface area contributed by atoms with Gasteiger partial charge in [0.25, 0.3) is 0 Å². The van der Waals surface area contributed by atoms with Crippen molar-refractivity contribution >= 4 is 23.0 Å². The van der Waals surface area contributed by atoms with Crippen LogP contribution >= 0.6 is 0 Å². The highest BCUT2D eigenvalue weighted by molar-refractivity contribution is 5.96. The number of benzene rings is 2. The minimum Gasteiger partial charge on any atom is -0.377 e. The van der Waals surface area contributed by atoms with Crippen molar-refractivity contribution < 1.29 is 14.4 Å². The molecule has 0 bridgehead atoms. The molecule has 2 fully saturated rings. The van der Waals surface area contributed by atoms with Gasteiger partial charge in [-0.2, -0.15) is 0 Å². The lowest BCUT2D eigenvalue weighted by Gasteiger charge is -2.31. The molecule has 2 aromatic rings. The Morgan fingerprint density at radius 3 is 2.70 bits per heavy atom. The molecule has 4 rings (SSSR count). The third-order valence-electron chi connectivity index (χ3n) is 4.97. The van der Waals surface area contributed by atoms with Gasteiger partial charge in [0.2, 0.25) is 5.91 Å². The summed E-state index contributed by atoms with van der Waals surface area (Å²) in [7, 11) is 1.90. The summed E-state index contributed by atoms with van der Waals surface area (Å²) in [5.41, 5.74) is 3.92. The smallest absolute Gasteiger partial charge is 0.227 e. The molecule has 142 valence electrons. The van der Waals surface area contributed by atoms with Crippen LogP contribution in [0.5, 0.6) is 0 Å². The van der Waals surface area contributed by atoms with Crippen LogP contribution < -0.4 is 15.3 Å². The second-order valence-electron chi connectivity index (χ2n) is 6.99. The largest absolute Gasteiger partial charge is 0.377 e. The third-order valence-corrected chi connectivity index (χ3v) is 4.97. The lowest BCUT2D eigenvalue weighted by molar-refractivity contribution is -0.117. The molecule has 0 aliphatic carbocycles. The number of carbonyl (C=O) groups is 1. The first-order valence-corrected chi connectivity index (χ1v) is 9.40. The fourth-order valence-electron chi connectivity index (χ4n) is 3.35. The lowest BCUT2D eigenvalue weighted by Crippen LogP contribution is -2.40. The van der Waals surface area contributed by atoms with Crippen LogP contribution in [0, 0.1) is 0 Å². The van der Waals surface area contributed by atoms with Crippen LogP contribution in [0.2, 0.25) is 0 Å². The molecule has 6 nitrogen and oxygen atoms in total. The summed E-state index contributed by atoms with van der Waals surface area (Å²) in [6, 6.07) is 16.4. The van der Waals surface area contributed by atoms with Gasteiger partial charge in [0, 0.05) is 25.7 Å². The highest BCUT2D eigenvalue weighted by Gasteiger charge is 2.24. The predicted octanol–water partition coefficient (Wildman–Crippen LogP) is 3.19. The van der Waals surface area contributed by atoms with Gasteiger partial charge in [0.05, 0.1) is 37.2 Å². The summed E-state index contributed by atoms with van der Waals surface area (Å²) in [5.74, 6) is 0.182. The van der Waals surface area contributed by atoms with Gasteiger partial charge in [0.15, 0.2) is 0 Å². The molecule has 0 aromatic heterocycles. The first kappa shape index (κ1) is 17.8. The van der Waals surface area contributed by atoms with Crippen molar-refractivity contribution in [2.24, 2.45) is 0 Å². The summed E-state index contributed by atoms with van der Waals surface area (Å²) in [5, 5.41) is 5.28. The molecule has 0 saturated carbocycles. The summed E-state index contributed by atoms with van der Waals surface area (Å²) in [6.07, 6.45) is 1.53. The number of hydrogen-bond acceptors (Lipinski definition) is 5. The van der Waals surface area contributed by atoms with E-state index < -0.39 is 0 Å². The molecule has 2 saturated heterocycles. The van der Waals surface area contributed by atoms with Gasteiger partial charge < -0.3 is 15.0 Å². The number of nitrogens with zero attached hydrogens (tertiary/aromatic N) is 2. The standard InChI is InChI=1S/C21H25N3O3/c1-23(27-13-16-6-3-2-4-7-16)20-12-18(24-11-5-8-21(24)25)9-10-19(20)22-17-14-26-15-17/h2-4,6-7,9-10,12,17,22H,5,8,11,13-15H2,1H3. The van der Waals surface area contributed by atoms with E-state index in [-0.39, 0.29) is 5.91 Å². The molecule has 6 heteroatoms. The number of nitrogens with one attached hydrogen (secondary N) is 1. The topological polar surface area (TPSA) is 54.0 Å². The number of hydrogen-bond donors (Lipinski definition) is 1. The van der Waals surface area contributed by atoms with Gasteiger partial charge in [-0.05, 0) is 30.2 Å². The molecule has 1 N–H and O–H groups in total. The van der Waals surface area contributed by atoms with Gasteiger partial charge in [-0.15, -0.1) is 0 Å². The Balaban J connectivity index is 1.55. The van der Waals surface area contributed by atoms with Crippen molar-refractivity contribution in [1.82, 2.24) is 0 Å². The number of ether oxygens (including phenoxy) is 1. The molecule has 2 aliphatic heterocycles. The van der Waals surface area contributed by atoms with E-state index in [1.54, 1.807) is 5.06 Å². The molecular formula is C21H25N3O3. The molecular weight excluding hydrogens is 342 g/mol. The van der Waals surface area contributed by atoms with Crippen LogP contribution in [-0.4, -0.2) is 38.8 Å². The summed E-state index contributed by atoms with van der Waals surface area (Å²) >= 11 is 0. The maximum Gasteiger partial charge on any atom is 0.227 e. The highest BCUT2D eigenvalue weighted by atomic mass is 16.7. The fraction of sp³-hybridized carbons (Fsp3) is 0.381. The average Bonchev–Trinajstić information content (AvgIpc) is 3.09. The minimum absolute atomic E-state index is 0.182. The maximum atomic E-state index is 12.1. The van der Waals surface area contributed by atoms with Gasteiger partial charge in [-0.1, -0.05) is 30.3 Å². The second-order valence-corrected chi connectivity index (χ2v) is 6.99. The number of rotatable bonds is 7. The van der Waals surface area contributed by atoms with E-state index >= 15 is 0 Å². The number of anilines is 3. The van der Waals surface area contributed by atoms with Gasteiger partial charge in [-0.25, -0.2) is 0 Å². The number of hydroxylamine groups is 1. The molecule has 0 unspecified atom stereocenters. The van der Waals surface area contributed by atoms with Crippen LogP contribution in [0.4, 0.5) is 17.1 Å². The normalized spacial score (nSPS) is 17.1. The zero-order chi connectivity index (χ0) is 18.6. The first-order valence-electron chi connectivity index (χ1n) is 9.40. The Kier molecular flexibility index (Phi) is 5.27. The quantitative estimate of drug-likeness (QED) is 0.762. The summed E-state index contributed by atoms with van der Waals surface area (Å²) in [4.78, 5) is 20.0. The van der Waals surface area contributed by atoms with Crippen molar-refractivity contribution in [3.05, 3.63) is 54.1 Å². The van der Waals surface area contributed by atoms with E-state index in [1.807, 2.05) is 60.5 Å². The molecule has 2 heterocycles. The average molecular weight is 367 g/mol. The number of carbonyl (C=O) groups excluding carboxylic acids is 1. The van der Waals surface area contributed by atoms with Crippen molar-refractivity contribution in [1.29, 1.82) is 0 Å². The third kappa shape index (κ3) is 4.07. The monoisotopic (exact) mass is 367 g/mol. The highest BCUT2D eigenvalue weighted by Crippen LogP contribution is 2.33. The zero-order valence-electron chi connectivity index (χ0n) is 15.6. The van der Waals surface area contributed by atoms with E-state index in [0.717, 1.165) is 35.6 Å². The van der Waals surface area contributed by atoms with Crippen LogP contribution in [0.3, 0.4) is 0 Å². The Morgan fingerprint density at radius 1 is 1.22 bits per heavy atom. The van der Waals surface area contributed by atoms with E-state index in [2.05, 4.69) is 5.32 Å². The SMILES string of the molecule is CN(OCc1ccccc1)c1cc(N2CCCC2=O)ccc1NC1COC1. The van der Waals surface area contributed by atoms with Gasteiger partial charge in [-0.3, -0.25) is 14.7 Å². The second kappa shape index (κ2) is 7.98. The molecule has 0 atom stereocenters. The van der Waals surface area contributed by atoms with Crippen molar-refractivity contribution in [3.8, 4) is 0 Å². The minimum atomic E-state index is 0.182.